The average molecular weight is 306 g/mol. The lowest BCUT2D eigenvalue weighted by Gasteiger charge is -2.25. The highest BCUT2D eigenvalue weighted by Gasteiger charge is 2.25. The summed E-state index contributed by atoms with van der Waals surface area (Å²) < 4.78 is 5.14. The van der Waals surface area contributed by atoms with Crippen LogP contribution in [0.2, 0.25) is 0 Å². The molecule has 0 fully saturated rings. The van der Waals surface area contributed by atoms with Crippen LogP contribution in [0.5, 0.6) is 5.75 Å². The van der Waals surface area contributed by atoms with Gasteiger partial charge in [0.2, 0.25) is 11.8 Å². The van der Waals surface area contributed by atoms with E-state index in [1.807, 2.05) is 45.0 Å². The minimum absolute atomic E-state index is 0.0253. The van der Waals surface area contributed by atoms with Crippen molar-refractivity contribution in [3.63, 3.8) is 0 Å². The molecule has 5 heteroatoms. The fraction of sp³-hybridized carbons (Fsp3) is 0.529. The Morgan fingerprint density at radius 1 is 1.14 bits per heavy atom. The SMILES string of the molecule is CCC(NC(=O)C(NC(C)=O)C(C)C)c1ccc(OC)cc1. The number of amides is 2. The first kappa shape index (κ1) is 18.0. The number of hydrogen-bond donors (Lipinski definition) is 2. The first-order valence-corrected chi connectivity index (χ1v) is 7.60. The summed E-state index contributed by atoms with van der Waals surface area (Å²) in [5.74, 6) is 0.444. The molecule has 0 saturated heterocycles. The second-order valence-electron chi connectivity index (χ2n) is 5.66. The van der Waals surface area contributed by atoms with E-state index in [9.17, 15) is 9.59 Å². The highest BCUT2D eigenvalue weighted by molar-refractivity contribution is 5.87. The molecule has 0 bridgehead atoms. The van der Waals surface area contributed by atoms with Crippen molar-refractivity contribution in [1.29, 1.82) is 0 Å². The molecule has 5 nitrogen and oxygen atoms in total. The molecule has 2 unspecified atom stereocenters. The summed E-state index contributed by atoms with van der Waals surface area (Å²) >= 11 is 0. The van der Waals surface area contributed by atoms with Gasteiger partial charge in [-0.2, -0.15) is 0 Å². The Kier molecular flexibility index (Phi) is 6.89. The summed E-state index contributed by atoms with van der Waals surface area (Å²) in [7, 11) is 1.62. The van der Waals surface area contributed by atoms with Crippen LogP contribution in [0.4, 0.5) is 0 Å². The first-order valence-electron chi connectivity index (χ1n) is 7.60. The van der Waals surface area contributed by atoms with Gasteiger partial charge in [0.05, 0.1) is 13.2 Å². The van der Waals surface area contributed by atoms with Crippen molar-refractivity contribution in [2.45, 2.75) is 46.2 Å². The molecule has 22 heavy (non-hydrogen) atoms. The van der Waals surface area contributed by atoms with Gasteiger partial charge >= 0.3 is 0 Å². The lowest BCUT2D eigenvalue weighted by atomic mass is 10.0. The molecule has 0 heterocycles. The number of rotatable bonds is 7. The van der Waals surface area contributed by atoms with E-state index in [0.717, 1.165) is 17.7 Å². The maximum Gasteiger partial charge on any atom is 0.243 e. The van der Waals surface area contributed by atoms with Crippen molar-refractivity contribution in [2.75, 3.05) is 7.11 Å². The molecule has 1 aromatic rings. The number of benzene rings is 1. The third kappa shape index (κ3) is 5.06. The van der Waals surface area contributed by atoms with Gasteiger partial charge in [-0.3, -0.25) is 9.59 Å². The molecule has 2 N–H and O–H groups in total. The van der Waals surface area contributed by atoms with Crippen LogP contribution in [-0.2, 0) is 9.59 Å². The van der Waals surface area contributed by atoms with Gasteiger partial charge in [0.1, 0.15) is 11.8 Å². The van der Waals surface area contributed by atoms with Gasteiger partial charge in [-0.25, -0.2) is 0 Å². The zero-order valence-electron chi connectivity index (χ0n) is 14.0. The van der Waals surface area contributed by atoms with E-state index in [2.05, 4.69) is 10.6 Å². The minimum atomic E-state index is -0.523. The van der Waals surface area contributed by atoms with Crippen molar-refractivity contribution in [3.05, 3.63) is 29.8 Å². The highest BCUT2D eigenvalue weighted by atomic mass is 16.5. The monoisotopic (exact) mass is 306 g/mol. The summed E-state index contributed by atoms with van der Waals surface area (Å²) in [6.07, 6.45) is 0.767. The number of nitrogens with one attached hydrogen (secondary N) is 2. The number of carbonyl (C=O) groups is 2. The molecular weight excluding hydrogens is 280 g/mol. The zero-order chi connectivity index (χ0) is 16.7. The lowest BCUT2D eigenvalue weighted by Crippen LogP contribution is -2.49. The number of carbonyl (C=O) groups excluding carboxylic acids is 2. The molecule has 0 aliphatic heterocycles. The Balaban J connectivity index is 2.82. The molecule has 122 valence electrons. The maximum atomic E-state index is 12.4. The summed E-state index contributed by atoms with van der Waals surface area (Å²) in [6.45, 7) is 7.25. The van der Waals surface area contributed by atoms with E-state index in [0.29, 0.717) is 0 Å². The molecule has 0 radical (unpaired) electrons. The minimum Gasteiger partial charge on any atom is -0.497 e. The largest absolute Gasteiger partial charge is 0.497 e. The van der Waals surface area contributed by atoms with E-state index in [1.165, 1.54) is 6.92 Å². The fourth-order valence-electron chi connectivity index (χ4n) is 2.27. The first-order chi connectivity index (χ1) is 10.4. The Labute approximate surface area is 132 Å². The Hall–Kier alpha value is -2.04. The number of ether oxygens (including phenoxy) is 1. The Bertz CT molecular complexity index is 497. The van der Waals surface area contributed by atoms with Crippen LogP contribution in [0.3, 0.4) is 0 Å². The normalized spacial score (nSPS) is 13.4. The quantitative estimate of drug-likeness (QED) is 0.813. The molecule has 1 rings (SSSR count). The maximum absolute atomic E-state index is 12.4. The predicted molar refractivity (Wildman–Crippen MR) is 86.6 cm³/mol. The molecule has 0 saturated carbocycles. The van der Waals surface area contributed by atoms with Crippen molar-refractivity contribution in [2.24, 2.45) is 5.92 Å². The molecule has 0 aromatic heterocycles. The van der Waals surface area contributed by atoms with Crippen LogP contribution in [0.1, 0.15) is 45.7 Å². The second-order valence-corrected chi connectivity index (χ2v) is 5.66. The fourth-order valence-corrected chi connectivity index (χ4v) is 2.27. The van der Waals surface area contributed by atoms with Crippen molar-refractivity contribution >= 4 is 11.8 Å². The van der Waals surface area contributed by atoms with Gasteiger partial charge < -0.3 is 15.4 Å². The summed E-state index contributed by atoms with van der Waals surface area (Å²) in [4.78, 5) is 23.7. The summed E-state index contributed by atoms with van der Waals surface area (Å²) in [5.41, 5.74) is 1.02. The summed E-state index contributed by atoms with van der Waals surface area (Å²) in [6, 6.07) is 7.01. The Morgan fingerprint density at radius 3 is 2.14 bits per heavy atom. The summed E-state index contributed by atoms with van der Waals surface area (Å²) in [5, 5.41) is 5.72. The van der Waals surface area contributed by atoms with Crippen LogP contribution < -0.4 is 15.4 Å². The molecule has 2 amide bonds. The van der Waals surface area contributed by atoms with Crippen molar-refractivity contribution in [1.82, 2.24) is 10.6 Å². The molecule has 1 aromatic carbocycles. The van der Waals surface area contributed by atoms with Crippen molar-refractivity contribution < 1.29 is 14.3 Å². The van der Waals surface area contributed by atoms with Gasteiger partial charge in [0.15, 0.2) is 0 Å². The zero-order valence-corrected chi connectivity index (χ0v) is 14.0. The van der Waals surface area contributed by atoms with Crippen molar-refractivity contribution in [3.8, 4) is 5.75 Å². The van der Waals surface area contributed by atoms with Gasteiger partial charge in [0.25, 0.3) is 0 Å². The number of methoxy groups -OCH3 is 1. The molecular formula is C17H26N2O3. The van der Waals surface area contributed by atoms with Crippen LogP contribution in [0.25, 0.3) is 0 Å². The third-order valence-corrected chi connectivity index (χ3v) is 3.55. The van der Waals surface area contributed by atoms with Gasteiger partial charge in [0, 0.05) is 6.92 Å². The smallest absolute Gasteiger partial charge is 0.243 e. The van der Waals surface area contributed by atoms with E-state index in [4.69, 9.17) is 4.74 Å². The van der Waals surface area contributed by atoms with E-state index >= 15 is 0 Å². The third-order valence-electron chi connectivity index (χ3n) is 3.55. The molecule has 2 atom stereocenters. The highest BCUT2D eigenvalue weighted by Crippen LogP contribution is 2.20. The standard InChI is InChI=1S/C17H26N2O3/c1-6-15(13-7-9-14(22-5)10-8-13)19-17(21)16(11(2)3)18-12(4)20/h7-11,15-16H,6H2,1-5H3,(H,18,20)(H,19,21). The Morgan fingerprint density at radius 2 is 1.73 bits per heavy atom. The van der Waals surface area contributed by atoms with Gasteiger partial charge in [-0.15, -0.1) is 0 Å². The number of hydrogen-bond acceptors (Lipinski definition) is 3. The predicted octanol–water partition coefficient (Wildman–Crippen LogP) is 2.42. The molecule has 0 aliphatic carbocycles. The lowest BCUT2D eigenvalue weighted by molar-refractivity contribution is -0.129. The van der Waals surface area contributed by atoms with Crippen LogP contribution in [0, 0.1) is 5.92 Å². The topological polar surface area (TPSA) is 67.4 Å². The molecule has 0 aliphatic rings. The molecule has 0 spiro atoms. The average Bonchev–Trinajstić information content (AvgIpc) is 2.49. The van der Waals surface area contributed by atoms with Crippen LogP contribution >= 0.6 is 0 Å². The van der Waals surface area contributed by atoms with Crippen LogP contribution in [0.15, 0.2) is 24.3 Å². The van der Waals surface area contributed by atoms with E-state index in [-0.39, 0.29) is 23.8 Å². The van der Waals surface area contributed by atoms with E-state index < -0.39 is 6.04 Å². The second kappa shape index (κ2) is 8.41. The van der Waals surface area contributed by atoms with Gasteiger partial charge in [-0.05, 0) is 30.0 Å². The van der Waals surface area contributed by atoms with Gasteiger partial charge in [-0.1, -0.05) is 32.9 Å². The van der Waals surface area contributed by atoms with E-state index in [1.54, 1.807) is 7.11 Å². The van der Waals surface area contributed by atoms with Crippen LogP contribution in [-0.4, -0.2) is 25.0 Å².